The van der Waals surface area contributed by atoms with Crippen LogP contribution in [0.1, 0.15) is 11.1 Å². The molecule has 0 aliphatic carbocycles. The molecule has 0 spiro atoms. The molecule has 0 saturated heterocycles. The topological polar surface area (TPSA) is 39.7 Å². The Morgan fingerprint density at radius 3 is 2.44 bits per heavy atom. The van der Waals surface area contributed by atoms with E-state index in [0.717, 1.165) is 43.6 Å². The summed E-state index contributed by atoms with van der Waals surface area (Å²) in [5.41, 5.74) is 3.72. The van der Waals surface area contributed by atoms with Crippen molar-refractivity contribution in [1.29, 1.82) is 0 Å². The Kier molecular flexibility index (Phi) is 8.94. The third-order valence-corrected chi connectivity index (χ3v) is 4.63. The van der Waals surface area contributed by atoms with Crippen LogP contribution in [-0.4, -0.2) is 32.6 Å². The van der Waals surface area contributed by atoms with E-state index < -0.39 is 0 Å². The molecule has 1 aliphatic heterocycles. The average molecular weight is 497 g/mol. The lowest BCUT2D eigenvalue weighted by Crippen LogP contribution is -2.37. The fourth-order valence-corrected chi connectivity index (χ4v) is 3.15. The summed E-state index contributed by atoms with van der Waals surface area (Å²) >= 11 is 6.02. The maximum Gasteiger partial charge on any atom is 0.191 e. The second kappa shape index (κ2) is 11.2. The summed E-state index contributed by atoms with van der Waals surface area (Å²) in [4.78, 5) is 6.63. The highest BCUT2D eigenvalue weighted by Crippen LogP contribution is 2.17. The van der Waals surface area contributed by atoms with Gasteiger partial charge in [0.25, 0.3) is 0 Å². The Morgan fingerprint density at radius 1 is 1.04 bits per heavy atom. The van der Waals surface area contributed by atoms with Crippen LogP contribution in [0.15, 0.2) is 65.7 Å². The van der Waals surface area contributed by atoms with Crippen molar-refractivity contribution in [3.05, 3.63) is 76.8 Å². The van der Waals surface area contributed by atoms with E-state index >= 15 is 0 Å². The molecule has 0 atom stereocenters. The molecular formula is C21H26ClIN4. The summed E-state index contributed by atoms with van der Waals surface area (Å²) < 4.78 is 0. The number of halogens is 2. The standard InChI is InChI=1S/C21H25ClN4.HI/c1-23-21(24-12-11-17-5-4-6-19(22)15-17)25-16-18-7-9-20(10-8-18)26-13-2-3-14-26;/h2-10,15H,11-14,16H2,1H3,(H2,23,24,25);1H. The van der Waals surface area contributed by atoms with Gasteiger partial charge in [-0.3, -0.25) is 4.99 Å². The van der Waals surface area contributed by atoms with Crippen LogP contribution in [0.25, 0.3) is 0 Å². The van der Waals surface area contributed by atoms with Gasteiger partial charge in [-0.15, -0.1) is 24.0 Å². The maximum absolute atomic E-state index is 6.02. The van der Waals surface area contributed by atoms with Gasteiger partial charge >= 0.3 is 0 Å². The minimum atomic E-state index is 0. The zero-order valence-corrected chi connectivity index (χ0v) is 18.6. The van der Waals surface area contributed by atoms with E-state index in [9.17, 15) is 0 Å². The van der Waals surface area contributed by atoms with E-state index in [1.54, 1.807) is 7.05 Å². The number of rotatable bonds is 6. The Hall–Kier alpha value is -1.73. The molecule has 0 aromatic heterocycles. The highest BCUT2D eigenvalue weighted by Gasteiger charge is 2.07. The highest BCUT2D eigenvalue weighted by molar-refractivity contribution is 14.0. The number of aliphatic imine (C=N–C) groups is 1. The second-order valence-electron chi connectivity index (χ2n) is 6.28. The summed E-state index contributed by atoms with van der Waals surface area (Å²) in [6, 6.07) is 16.6. The van der Waals surface area contributed by atoms with Crippen molar-refractivity contribution in [2.45, 2.75) is 13.0 Å². The van der Waals surface area contributed by atoms with Gasteiger partial charge in [-0.2, -0.15) is 0 Å². The SMILES string of the molecule is CN=C(NCCc1cccc(Cl)c1)NCc1ccc(N2CC=CC2)cc1.I. The molecule has 2 aromatic rings. The molecule has 0 amide bonds. The van der Waals surface area contributed by atoms with Crippen LogP contribution < -0.4 is 15.5 Å². The van der Waals surface area contributed by atoms with Crippen molar-refractivity contribution >= 4 is 47.2 Å². The van der Waals surface area contributed by atoms with Crippen molar-refractivity contribution in [2.24, 2.45) is 4.99 Å². The number of hydrogen-bond donors (Lipinski definition) is 2. The van der Waals surface area contributed by atoms with E-state index in [1.807, 2.05) is 18.2 Å². The summed E-state index contributed by atoms with van der Waals surface area (Å²) in [5.74, 6) is 0.805. The molecule has 144 valence electrons. The van der Waals surface area contributed by atoms with Crippen LogP contribution in [0.5, 0.6) is 0 Å². The number of nitrogens with one attached hydrogen (secondary N) is 2. The molecule has 0 saturated carbocycles. The fraction of sp³-hybridized carbons (Fsp3) is 0.286. The smallest absolute Gasteiger partial charge is 0.191 e. The molecule has 4 nitrogen and oxygen atoms in total. The van der Waals surface area contributed by atoms with Crippen LogP contribution in [0.4, 0.5) is 5.69 Å². The van der Waals surface area contributed by atoms with E-state index in [2.05, 4.69) is 63.0 Å². The molecule has 0 unspecified atom stereocenters. The molecule has 2 aromatic carbocycles. The first-order valence-electron chi connectivity index (χ1n) is 8.92. The van der Waals surface area contributed by atoms with Crippen molar-refractivity contribution in [1.82, 2.24) is 10.6 Å². The normalized spacial score (nSPS) is 13.4. The first-order chi connectivity index (χ1) is 12.7. The van der Waals surface area contributed by atoms with Gasteiger partial charge in [0.1, 0.15) is 0 Å². The predicted molar refractivity (Wildman–Crippen MR) is 127 cm³/mol. The Balaban J connectivity index is 0.00000261. The van der Waals surface area contributed by atoms with Crippen molar-refractivity contribution in [3.8, 4) is 0 Å². The lowest BCUT2D eigenvalue weighted by atomic mass is 10.1. The molecule has 27 heavy (non-hydrogen) atoms. The molecule has 0 bridgehead atoms. The Morgan fingerprint density at radius 2 is 1.78 bits per heavy atom. The van der Waals surface area contributed by atoms with Gasteiger partial charge in [-0.25, -0.2) is 0 Å². The van der Waals surface area contributed by atoms with Gasteiger partial charge < -0.3 is 15.5 Å². The maximum atomic E-state index is 6.02. The summed E-state index contributed by atoms with van der Waals surface area (Å²) in [6.07, 6.45) is 5.31. The van der Waals surface area contributed by atoms with Crippen molar-refractivity contribution in [3.63, 3.8) is 0 Å². The summed E-state index contributed by atoms with van der Waals surface area (Å²) in [7, 11) is 1.79. The first-order valence-corrected chi connectivity index (χ1v) is 9.30. The second-order valence-corrected chi connectivity index (χ2v) is 6.71. The third kappa shape index (κ3) is 6.74. The van der Waals surface area contributed by atoms with Gasteiger partial charge in [0.15, 0.2) is 5.96 Å². The monoisotopic (exact) mass is 496 g/mol. The highest BCUT2D eigenvalue weighted by atomic mass is 127. The third-order valence-electron chi connectivity index (χ3n) is 4.40. The average Bonchev–Trinajstić information content (AvgIpc) is 3.20. The van der Waals surface area contributed by atoms with Gasteiger partial charge in [0.2, 0.25) is 0 Å². The lowest BCUT2D eigenvalue weighted by Gasteiger charge is -2.18. The van der Waals surface area contributed by atoms with E-state index in [-0.39, 0.29) is 24.0 Å². The van der Waals surface area contributed by atoms with Gasteiger partial charge in [-0.05, 0) is 41.8 Å². The fourth-order valence-electron chi connectivity index (χ4n) is 2.94. The van der Waals surface area contributed by atoms with Gasteiger partial charge in [0.05, 0.1) is 0 Å². The summed E-state index contributed by atoms with van der Waals surface area (Å²) in [6.45, 7) is 3.55. The van der Waals surface area contributed by atoms with Crippen LogP contribution in [0, 0.1) is 0 Å². The molecular weight excluding hydrogens is 471 g/mol. The molecule has 3 rings (SSSR count). The number of anilines is 1. The van der Waals surface area contributed by atoms with Gasteiger partial charge in [-0.1, -0.05) is 48.0 Å². The zero-order chi connectivity index (χ0) is 18.2. The number of benzene rings is 2. The molecule has 6 heteroatoms. The van der Waals surface area contributed by atoms with Gasteiger partial charge in [0, 0.05) is 43.9 Å². The van der Waals surface area contributed by atoms with E-state index in [4.69, 9.17) is 11.6 Å². The number of nitrogens with zero attached hydrogens (tertiary/aromatic N) is 2. The Bertz CT molecular complexity index is 766. The van der Waals surface area contributed by atoms with Crippen LogP contribution >= 0.6 is 35.6 Å². The molecule has 1 aliphatic rings. The molecule has 1 heterocycles. The Labute approximate surface area is 183 Å². The zero-order valence-electron chi connectivity index (χ0n) is 15.5. The molecule has 2 N–H and O–H groups in total. The van der Waals surface area contributed by atoms with Crippen LogP contribution in [0.3, 0.4) is 0 Å². The van der Waals surface area contributed by atoms with Crippen LogP contribution in [0.2, 0.25) is 5.02 Å². The molecule has 0 radical (unpaired) electrons. The van der Waals surface area contributed by atoms with Crippen LogP contribution in [-0.2, 0) is 13.0 Å². The van der Waals surface area contributed by atoms with E-state index in [0.29, 0.717) is 0 Å². The number of guanidine groups is 1. The first kappa shape index (κ1) is 21.6. The largest absolute Gasteiger partial charge is 0.364 e. The van der Waals surface area contributed by atoms with E-state index in [1.165, 1.54) is 16.8 Å². The quantitative estimate of drug-likeness (QED) is 0.272. The van der Waals surface area contributed by atoms with Crippen molar-refractivity contribution < 1.29 is 0 Å². The lowest BCUT2D eigenvalue weighted by molar-refractivity contribution is 0.794. The molecule has 0 fully saturated rings. The summed E-state index contributed by atoms with van der Waals surface area (Å²) in [5, 5.41) is 7.48. The minimum absolute atomic E-state index is 0. The van der Waals surface area contributed by atoms with Crippen molar-refractivity contribution in [2.75, 3.05) is 31.6 Å². The minimum Gasteiger partial charge on any atom is -0.364 e. The number of hydrogen-bond acceptors (Lipinski definition) is 2. The predicted octanol–water partition coefficient (Wildman–Crippen LogP) is 4.24.